The van der Waals surface area contributed by atoms with Gasteiger partial charge in [0.25, 0.3) is 0 Å². The topological polar surface area (TPSA) is 569 Å². The Morgan fingerprint density at radius 2 is 0.679 bits per heavy atom. The normalized spacial score (nSPS) is 42.3. The largest absolute Gasteiger partial charge is 0.510 e. The molecule has 33 nitrogen and oxygen atoms in total. The van der Waals surface area contributed by atoms with Gasteiger partial charge in [-0.1, -0.05) is 13.8 Å². The molecule has 0 amide bonds. The number of aliphatic hydroxyl groups is 24. The Hall–Kier alpha value is -4.06. The minimum Gasteiger partial charge on any atom is -0.510 e. The summed E-state index contributed by atoms with van der Waals surface area (Å²) in [6, 6.07) is 0. The lowest BCUT2D eigenvalue weighted by molar-refractivity contribution is -0.367. The smallest absolute Gasteiger partial charge is 0.218 e. The van der Waals surface area contributed by atoms with Gasteiger partial charge < -0.3 is 165 Å². The van der Waals surface area contributed by atoms with E-state index in [2.05, 4.69) is 0 Å². The molecule has 20 unspecified atom stereocenters. The first-order chi connectivity index (χ1) is 36.7. The summed E-state index contributed by atoms with van der Waals surface area (Å²) in [5.41, 5.74) is 0. The lowest BCUT2D eigenvalue weighted by atomic mass is 9.92. The van der Waals surface area contributed by atoms with Crippen molar-refractivity contribution in [1.29, 1.82) is 0 Å². The highest BCUT2D eigenvalue weighted by Gasteiger charge is 2.53. The molecule has 78 heavy (non-hydrogen) atoms. The summed E-state index contributed by atoms with van der Waals surface area (Å²) in [5.74, 6) is -13.3. The third-order valence-corrected chi connectivity index (χ3v) is 12.0. The van der Waals surface area contributed by atoms with Crippen LogP contribution in [0, 0.1) is 5.92 Å². The minimum atomic E-state index is -2.75. The van der Waals surface area contributed by atoms with Gasteiger partial charge in [-0.05, 0) is 12.3 Å². The maximum atomic E-state index is 11.4. The molecule has 0 spiro atoms. The van der Waals surface area contributed by atoms with Crippen molar-refractivity contribution in [2.24, 2.45) is 5.92 Å². The Balaban J connectivity index is 2.20. The Bertz CT molecular complexity index is 1960. The zero-order chi connectivity index (χ0) is 58.9. The summed E-state index contributed by atoms with van der Waals surface area (Å²) in [4.78, 5) is 0. The van der Waals surface area contributed by atoms with E-state index in [0.29, 0.717) is 6.08 Å². The average molecular weight is 1150 g/mol. The third kappa shape index (κ3) is 18.2. The van der Waals surface area contributed by atoms with Crippen molar-refractivity contribution in [1.82, 2.24) is 0 Å². The van der Waals surface area contributed by atoms with E-state index in [9.17, 15) is 123 Å². The summed E-state index contributed by atoms with van der Waals surface area (Å²) in [6.07, 6.45) is -46.7. The Kier molecular flexibility index (Phi) is 28.3. The van der Waals surface area contributed by atoms with E-state index in [1.807, 2.05) is 0 Å². The molecule has 5 rings (SSSR count). The van der Waals surface area contributed by atoms with Gasteiger partial charge in [0.05, 0.1) is 12.7 Å². The second-order valence-corrected chi connectivity index (χ2v) is 18.2. The highest BCUT2D eigenvalue weighted by molar-refractivity contribution is 5.13. The van der Waals surface area contributed by atoms with E-state index in [0.717, 1.165) is 0 Å². The fourth-order valence-corrected chi connectivity index (χ4v) is 7.94. The molecule has 20 atom stereocenters. The zero-order valence-corrected chi connectivity index (χ0v) is 42.1. The summed E-state index contributed by atoms with van der Waals surface area (Å²) >= 11 is 0. The maximum Gasteiger partial charge on any atom is 0.218 e. The van der Waals surface area contributed by atoms with E-state index in [1.54, 1.807) is 13.8 Å². The van der Waals surface area contributed by atoms with Gasteiger partial charge in [0.1, 0.15) is 79.0 Å². The van der Waals surface area contributed by atoms with Crippen LogP contribution in [0.1, 0.15) is 52.4 Å². The summed E-state index contributed by atoms with van der Waals surface area (Å²) in [6.45, 7) is -2.21. The summed E-state index contributed by atoms with van der Waals surface area (Å²) in [5, 5.41) is 256. The highest BCUT2D eigenvalue weighted by Crippen LogP contribution is 2.35. The molecule has 0 saturated carbocycles. The van der Waals surface area contributed by atoms with Crippen LogP contribution >= 0.6 is 0 Å². The standard InChI is InChI=1S/C45H76O33/c1-16(2)13-23-38-30(58)37(65)45(75-23)78-39-24(15-51)76-44(36(64)31(39)59)74-22(7-12-50)29(57)34(62)42(68)72-20(5-10-48)27(55)33(61)40(66)71-18(3-8-46)17(52)14-25(53)70-19(4-9-47)26(54)32(60)41(67)73-21(6-11-49)28(56)35(63)43(69)77-38/h14,16,18-25,30-31,36-69H,3-13,15H2,1-2H3/b17-14+,32-26+,33-27+,34-29+,35-28+. The number of fused-ring (bicyclic) bond motifs is 2. The number of rotatable bonds is 13. The van der Waals surface area contributed by atoms with Crippen molar-refractivity contribution in [2.45, 2.75) is 176 Å². The monoisotopic (exact) mass is 1140 g/mol. The SMILES string of the molecule is CC(C)CC1OC2OC3C(CO)OC(OC(CCO)/C(O)=C(\O)C(O)OC(CCO)/C(O)=C(\O)C(O)OC(CCO)/C(O)=C\C(O)OC(CCO)/C(O)=C(\O)C(O)OC(CCO)/C(O)=C(\O)C(O)OC1C(O)C2O)C(O)C3O. The summed E-state index contributed by atoms with van der Waals surface area (Å²) in [7, 11) is 0. The molecule has 33 heteroatoms. The van der Waals surface area contributed by atoms with Gasteiger partial charge in [-0.2, -0.15) is 0 Å². The van der Waals surface area contributed by atoms with Crippen molar-refractivity contribution in [2.75, 3.05) is 39.6 Å². The molecular weight excluding hydrogens is 1070 g/mol. The number of hydrogen-bond donors (Lipinski definition) is 24. The van der Waals surface area contributed by atoms with Gasteiger partial charge in [-0.25, -0.2) is 0 Å². The van der Waals surface area contributed by atoms with E-state index < -0.39 is 247 Å². The quantitative estimate of drug-likeness (QED) is 0.0820. The molecule has 0 aliphatic carbocycles. The molecule has 0 radical (unpaired) electrons. The summed E-state index contributed by atoms with van der Waals surface area (Å²) < 4.78 is 48.8. The highest BCUT2D eigenvalue weighted by atomic mass is 16.8. The van der Waals surface area contributed by atoms with Crippen molar-refractivity contribution in [3.05, 3.63) is 57.9 Å². The fourth-order valence-electron chi connectivity index (χ4n) is 7.94. The fraction of sp³-hybridized carbons (Fsp3) is 0.778. The lowest BCUT2D eigenvalue weighted by Gasteiger charge is -2.47. The van der Waals surface area contributed by atoms with Crippen LogP contribution in [0.25, 0.3) is 0 Å². The van der Waals surface area contributed by atoms with Crippen LogP contribution in [-0.4, -0.2) is 286 Å². The molecule has 2 saturated heterocycles. The Morgan fingerprint density at radius 3 is 1.06 bits per heavy atom. The molecule has 2 fully saturated rings. The molecule has 5 aliphatic rings. The average Bonchev–Trinajstić information content (AvgIpc) is 3.39. The van der Waals surface area contributed by atoms with Crippen molar-refractivity contribution in [3.63, 3.8) is 0 Å². The van der Waals surface area contributed by atoms with Crippen LogP contribution in [0.15, 0.2) is 57.9 Å². The van der Waals surface area contributed by atoms with Gasteiger partial charge in [0.15, 0.2) is 64.9 Å². The van der Waals surface area contributed by atoms with Gasteiger partial charge in [0, 0.05) is 71.2 Å². The number of ether oxygens (including phenoxy) is 9. The van der Waals surface area contributed by atoms with E-state index >= 15 is 0 Å². The van der Waals surface area contributed by atoms with Crippen LogP contribution in [0.4, 0.5) is 0 Å². The van der Waals surface area contributed by atoms with Crippen LogP contribution in [-0.2, 0) is 42.6 Å². The predicted molar refractivity (Wildman–Crippen MR) is 250 cm³/mol. The van der Waals surface area contributed by atoms with E-state index in [4.69, 9.17) is 42.6 Å². The molecule has 5 heterocycles. The van der Waals surface area contributed by atoms with Crippen LogP contribution in [0.3, 0.4) is 0 Å². The number of aliphatic hydroxyl groups excluding tert-OH is 24. The third-order valence-electron chi connectivity index (χ3n) is 12.0. The molecular formula is C45H76O33. The molecule has 24 N–H and O–H groups in total. The molecule has 0 aromatic rings. The second-order valence-electron chi connectivity index (χ2n) is 18.2. The van der Waals surface area contributed by atoms with E-state index in [1.165, 1.54) is 0 Å². The van der Waals surface area contributed by atoms with Crippen molar-refractivity contribution in [3.8, 4) is 0 Å². The van der Waals surface area contributed by atoms with Crippen LogP contribution < -0.4 is 0 Å². The predicted octanol–water partition coefficient (Wildman–Crippen LogP) is -5.12. The molecule has 0 aromatic heterocycles. The minimum absolute atomic E-state index is 0.101. The van der Waals surface area contributed by atoms with Crippen LogP contribution in [0.2, 0.25) is 0 Å². The van der Waals surface area contributed by atoms with Gasteiger partial charge >= 0.3 is 0 Å². The Morgan fingerprint density at radius 1 is 0.359 bits per heavy atom. The molecule has 4 bridgehead atoms. The van der Waals surface area contributed by atoms with E-state index in [-0.39, 0.29) is 12.3 Å². The molecule has 5 aliphatic heterocycles. The Labute approximate surface area is 443 Å². The molecule has 454 valence electrons. The second kappa shape index (κ2) is 32.4. The number of hydrogen-bond acceptors (Lipinski definition) is 33. The van der Waals surface area contributed by atoms with Gasteiger partial charge in [-0.3, -0.25) is 0 Å². The van der Waals surface area contributed by atoms with Crippen LogP contribution in [0.5, 0.6) is 0 Å². The van der Waals surface area contributed by atoms with Gasteiger partial charge in [-0.15, -0.1) is 0 Å². The first kappa shape index (κ1) is 68.2. The van der Waals surface area contributed by atoms with Crippen molar-refractivity contribution >= 4 is 0 Å². The van der Waals surface area contributed by atoms with Crippen molar-refractivity contribution < 1.29 is 165 Å². The zero-order valence-electron chi connectivity index (χ0n) is 42.1. The molecule has 0 aromatic carbocycles. The van der Waals surface area contributed by atoms with Gasteiger partial charge in [0.2, 0.25) is 25.2 Å². The first-order valence-corrected chi connectivity index (χ1v) is 24.3. The lowest BCUT2D eigenvalue weighted by Crippen LogP contribution is -2.65. The first-order valence-electron chi connectivity index (χ1n) is 24.3. The maximum absolute atomic E-state index is 11.4.